The highest BCUT2D eigenvalue weighted by molar-refractivity contribution is 5.30. The second-order valence-corrected chi connectivity index (χ2v) is 3.23. The lowest BCUT2D eigenvalue weighted by molar-refractivity contribution is 0.159. The van der Waals surface area contributed by atoms with Gasteiger partial charge < -0.3 is 10.2 Å². The van der Waals surface area contributed by atoms with Gasteiger partial charge in [-0.25, -0.2) is 0 Å². The standard InChI is InChI=1S/C11H16O2/c1-3-11(13)10-7-5-4-6-9(10)8(2)12/h4-8,11-13H,3H2,1-2H3/t8-,11-/m1/s1. The zero-order valence-corrected chi connectivity index (χ0v) is 8.07. The third kappa shape index (κ3) is 2.29. The molecule has 0 saturated heterocycles. The van der Waals surface area contributed by atoms with Crippen molar-refractivity contribution >= 4 is 0 Å². The van der Waals surface area contributed by atoms with Crippen LogP contribution in [-0.4, -0.2) is 10.2 Å². The van der Waals surface area contributed by atoms with E-state index in [4.69, 9.17) is 0 Å². The first-order valence-electron chi connectivity index (χ1n) is 4.61. The SMILES string of the molecule is CC[C@@H](O)c1ccccc1[C@@H](C)O. The predicted octanol–water partition coefficient (Wildman–Crippen LogP) is 2.18. The van der Waals surface area contributed by atoms with Crippen LogP contribution in [-0.2, 0) is 0 Å². The van der Waals surface area contributed by atoms with E-state index in [1.54, 1.807) is 6.92 Å². The summed E-state index contributed by atoms with van der Waals surface area (Å²) >= 11 is 0. The molecule has 2 N–H and O–H groups in total. The highest BCUT2D eigenvalue weighted by Crippen LogP contribution is 2.25. The van der Waals surface area contributed by atoms with E-state index in [0.29, 0.717) is 6.42 Å². The van der Waals surface area contributed by atoms with Crippen molar-refractivity contribution in [1.82, 2.24) is 0 Å². The molecule has 1 rings (SSSR count). The maximum Gasteiger partial charge on any atom is 0.0791 e. The third-order valence-corrected chi connectivity index (χ3v) is 2.19. The molecule has 0 aliphatic heterocycles. The molecule has 0 unspecified atom stereocenters. The van der Waals surface area contributed by atoms with Crippen LogP contribution in [0.15, 0.2) is 24.3 Å². The summed E-state index contributed by atoms with van der Waals surface area (Å²) in [6.45, 7) is 3.63. The molecule has 1 aromatic carbocycles. The molecular weight excluding hydrogens is 164 g/mol. The van der Waals surface area contributed by atoms with Crippen LogP contribution in [0.4, 0.5) is 0 Å². The van der Waals surface area contributed by atoms with Gasteiger partial charge in [-0.15, -0.1) is 0 Å². The van der Waals surface area contributed by atoms with E-state index in [1.807, 2.05) is 31.2 Å². The summed E-state index contributed by atoms with van der Waals surface area (Å²) in [6, 6.07) is 7.45. The van der Waals surface area contributed by atoms with Crippen LogP contribution < -0.4 is 0 Å². The molecule has 2 atom stereocenters. The van der Waals surface area contributed by atoms with Gasteiger partial charge in [0.2, 0.25) is 0 Å². The first kappa shape index (κ1) is 10.2. The zero-order chi connectivity index (χ0) is 9.84. The first-order valence-corrected chi connectivity index (χ1v) is 4.61. The minimum absolute atomic E-state index is 0.467. The fraction of sp³-hybridized carbons (Fsp3) is 0.455. The minimum Gasteiger partial charge on any atom is -0.389 e. The molecule has 0 spiro atoms. The van der Waals surface area contributed by atoms with Crippen molar-refractivity contribution in [1.29, 1.82) is 0 Å². The lowest BCUT2D eigenvalue weighted by atomic mass is 9.98. The molecule has 1 aromatic rings. The molecule has 2 heteroatoms. The third-order valence-electron chi connectivity index (χ3n) is 2.19. The number of aliphatic hydroxyl groups excluding tert-OH is 2. The molecule has 0 saturated carbocycles. The summed E-state index contributed by atoms with van der Waals surface area (Å²) in [7, 11) is 0. The number of hydrogen-bond acceptors (Lipinski definition) is 2. The molecule has 0 radical (unpaired) electrons. The van der Waals surface area contributed by atoms with Gasteiger partial charge in [-0.1, -0.05) is 31.2 Å². The lowest BCUT2D eigenvalue weighted by Gasteiger charge is -2.15. The van der Waals surface area contributed by atoms with Gasteiger partial charge in [0.15, 0.2) is 0 Å². The normalized spacial score (nSPS) is 15.4. The van der Waals surface area contributed by atoms with Crippen LogP contribution in [0.25, 0.3) is 0 Å². The maximum absolute atomic E-state index is 9.65. The van der Waals surface area contributed by atoms with Crippen molar-refractivity contribution in [3.8, 4) is 0 Å². The number of rotatable bonds is 3. The Morgan fingerprint density at radius 1 is 1.15 bits per heavy atom. The molecule has 2 nitrogen and oxygen atoms in total. The zero-order valence-electron chi connectivity index (χ0n) is 8.07. The quantitative estimate of drug-likeness (QED) is 0.748. The van der Waals surface area contributed by atoms with Gasteiger partial charge >= 0.3 is 0 Å². The van der Waals surface area contributed by atoms with Crippen molar-refractivity contribution in [2.45, 2.75) is 32.5 Å². The van der Waals surface area contributed by atoms with Crippen LogP contribution in [0.3, 0.4) is 0 Å². The Morgan fingerprint density at radius 2 is 1.69 bits per heavy atom. The van der Waals surface area contributed by atoms with Crippen molar-refractivity contribution in [3.63, 3.8) is 0 Å². The Balaban J connectivity index is 3.04. The highest BCUT2D eigenvalue weighted by Gasteiger charge is 2.12. The van der Waals surface area contributed by atoms with Crippen LogP contribution in [0.1, 0.15) is 43.6 Å². The monoisotopic (exact) mass is 180 g/mol. The van der Waals surface area contributed by atoms with Crippen molar-refractivity contribution in [2.24, 2.45) is 0 Å². The Hall–Kier alpha value is -0.860. The summed E-state index contributed by atoms with van der Waals surface area (Å²) in [4.78, 5) is 0. The lowest BCUT2D eigenvalue weighted by Crippen LogP contribution is -2.03. The fourth-order valence-electron chi connectivity index (χ4n) is 1.41. The van der Waals surface area contributed by atoms with Gasteiger partial charge in [0.05, 0.1) is 12.2 Å². The van der Waals surface area contributed by atoms with Gasteiger partial charge in [0, 0.05) is 0 Å². The molecule has 0 bridgehead atoms. The molecule has 13 heavy (non-hydrogen) atoms. The van der Waals surface area contributed by atoms with E-state index in [2.05, 4.69) is 0 Å². The molecule has 0 fully saturated rings. The Morgan fingerprint density at radius 3 is 2.15 bits per heavy atom. The Kier molecular flexibility index (Phi) is 3.46. The number of hydrogen-bond donors (Lipinski definition) is 2. The second-order valence-electron chi connectivity index (χ2n) is 3.23. The van der Waals surface area contributed by atoms with Crippen molar-refractivity contribution in [2.75, 3.05) is 0 Å². The topological polar surface area (TPSA) is 40.5 Å². The fourth-order valence-corrected chi connectivity index (χ4v) is 1.41. The number of benzene rings is 1. The second kappa shape index (κ2) is 4.40. The van der Waals surface area contributed by atoms with Crippen LogP contribution >= 0.6 is 0 Å². The van der Waals surface area contributed by atoms with Crippen molar-refractivity contribution in [3.05, 3.63) is 35.4 Å². The van der Waals surface area contributed by atoms with Gasteiger partial charge in [0.1, 0.15) is 0 Å². The predicted molar refractivity (Wildman–Crippen MR) is 52.3 cm³/mol. The molecule has 0 heterocycles. The first-order chi connectivity index (χ1) is 6.16. The Labute approximate surface area is 78.8 Å². The summed E-state index contributed by atoms with van der Waals surface area (Å²) in [5.74, 6) is 0. The van der Waals surface area contributed by atoms with E-state index in [-0.39, 0.29) is 0 Å². The van der Waals surface area contributed by atoms with E-state index < -0.39 is 12.2 Å². The van der Waals surface area contributed by atoms with Crippen LogP contribution in [0, 0.1) is 0 Å². The van der Waals surface area contributed by atoms with Gasteiger partial charge in [-0.3, -0.25) is 0 Å². The molecule has 0 amide bonds. The summed E-state index contributed by atoms with van der Waals surface area (Å²) in [5.41, 5.74) is 1.65. The highest BCUT2D eigenvalue weighted by atomic mass is 16.3. The molecule has 0 aliphatic rings. The summed E-state index contributed by atoms with van der Waals surface area (Å²) < 4.78 is 0. The molecule has 0 aromatic heterocycles. The van der Waals surface area contributed by atoms with Gasteiger partial charge in [-0.2, -0.15) is 0 Å². The molecule has 0 aliphatic carbocycles. The van der Waals surface area contributed by atoms with Crippen LogP contribution in [0.5, 0.6) is 0 Å². The molecular formula is C11H16O2. The average molecular weight is 180 g/mol. The number of aliphatic hydroxyl groups is 2. The summed E-state index contributed by atoms with van der Waals surface area (Å²) in [6.07, 6.45) is -0.313. The minimum atomic E-state index is -0.516. The van der Waals surface area contributed by atoms with Crippen LogP contribution in [0.2, 0.25) is 0 Å². The maximum atomic E-state index is 9.65. The summed E-state index contributed by atoms with van der Waals surface area (Å²) in [5, 5.41) is 19.1. The van der Waals surface area contributed by atoms with E-state index in [0.717, 1.165) is 11.1 Å². The molecule has 72 valence electrons. The van der Waals surface area contributed by atoms with E-state index in [1.165, 1.54) is 0 Å². The van der Waals surface area contributed by atoms with E-state index in [9.17, 15) is 10.2 Å². The smallest absolute Gasteiger partial charge is 0.0791 e. The van der Waals surface area contributed by atoms with E-state index >= 15 is 0 Å². The Bertz CT molecular complexity index is 269. The van der Waals surface area contributed by atoms with Gasteiger partial charge in [0.25, 0.3) is 0 Å². The largest absolute Gasteiger partial charge is 0.389 e. The van der Waals surface area contributed by atoms with Crippen molar-refractivity contribution < 1.29 is 10.2 Å². The average Bonchev–Trinajstić information content (AvgIpc) is 2.16. The van der Waals surface area contributed by atoms with Gasteiger partial charge in [-0.05, 0) is 24.5 Å².